The second kappa shape index (κ2) is 9.31. The minimum Gasteiger partial charge on any atom is -0.480 e. The number of carbonyl (C=O) groups is 1. The fourth-order valence-electron chi connectivity index (χ4n) is 5.22. The van der Waals surface area contributed by atoms with Crippen molar-refractivity contribution in [3.8, 4) is 11.1 Å². The Bertz CT molecular complexity index is 1090. The Hall–Kier alpha value is -3.26. The molecule has 0 aliphatic heterocycles. The molecular formula is C25H30N6O2. The van der Waals surface area contributed by atoms with E-state index in [0.29, 0.717) is 23.9 Å². The van der Waals surface area contributed by atoms with Gasteiger partial charge in [0.25, 0.3) is 0 Å². The van der Waals surface area contributed by atoms with Crippen LogP contribution in [0.1, 0.15) is 48.4 Å². The molecule has 0 atom stereocenters. The third-order valence-electron chi connectivity index (χ3n) is 6.96. The number of hydrogen-bond donors (Lipinski definition) is 3. The van der Waals surface area contributed by atoms with E-state index in [-0.39, 0.29) is 6.54 Å². The zero-order chi connectivity index (χ0) is 22.8. The van der Waals surface area contributed by atoms with E-state index in [9.17, 15) is 9.90 Å². The lowest BCUT2D eigenvalue weighted by atomic mass is 9.82. The van der Waals surface area contributed by atoms with Gasteiger partial charge in [-0.1, -0.05) is 24.3 Å². The monoisotopic (exact) mass is 446 g/mol. The molecule has 5 rings (SSSR count). The highest BCUT2D eigenvalue weighted by molar-refractivity contribution is 5.68. The molecule has 3 N–H and O–H groups in total. The van der Waals surface area contributed by atoms with Crippen molar-refractivity contribution >= 4 is 11.9 Å². The molecule has 2 heterocycles. The number of aromatic nitrogens is 4. The zero-order valence-corrected chi connectivity index (χ0v) is 18.9. The number of nitrogens with zero attached hydrogens (tertiary/aromatic N) is 4. The first-order chi connectivity index (χ1) is 16.1. The van der Waals surface area contributed by atoms with E-state index in [2.05, 4.69) is 50.0 Å². The lowest BCUT2D eigenvalue weighted by Crippen LogP contribution is -2.29. The fourth-order valence-corrected chi connectivity index (χ4v) is 5.22. The number of carboxylic acids is 1. The first kappa shape index (κ1) is 21.6. The number of anilines is 1. The number of rotatable bonds is 7. The van der Waals surface area contributed by atoms with Crippen LogP contribution in [0.3, 0.4) is 0 Å². The molecule has 1 fully saturated rings. The highest BCUT2D eigenvalue weighted by Crippen LogP contribution is 2.37. The summed E-state index contributed by atoms with van der Waals surface area (Å²) in [7, 11) is 2.01. The SMILES string of the molecule is CNC1CCC(c2nn(CC(=O)O)cc2-c2cnc(NC3Cc4ccccc4C3)nc2)CC1. The van der Waals surface area contributed by atoms with E-state index in [4.69, 9.17) is 0 Å². The van der Waals surface area contributed by atoms with Gasteiger partial charge in [-0.3, -0.25) is 9.48 Å². The summed E-state index contributed by atoms with van der Waals surface area (Å²) in [5.74, 6) is 0.0304. The van der Waals surface area contributed by atoms with Crippen LogP contribution >= 0.6 is 0 Å². The summed E-state index contributed by atoms with van der Waals surface area (Å²) in [5.41, 5.74) is 5.54. The van der Waals surface area contributed by atoms with Gasteiger partial charge in [-0.25, -0.2) is 9.97 Å². The molecule has 8 heteroatoms. The van der Waals surface area contributed by atoms with Gasteiger partial charge < -0.3 is 15.7 Å². The van der Waals surface area contributed by atoms with Gasteiger partial charge in [0.15, 0.2) is 0 Å². The summed E-state index contributed by atoms with van der Waals surface area (Å²) in [6.45, 7) is -0.151. The van der Waals surface area contributed by atoms with Gasteiger partial charge in [-0.2, -0.15) is 5.10 Å². The minimum absolute atomic E-state index is 0.151. The standard InChI is InChI=1S/C25H30N6O2/c1-26-20-8-6-16(7-9-20)24-22(14-31(30-24)15-23(32)33)19-12-27-25(28-13-19)29-21-10-17-4-2-3-5-18(17)11-21/h2-5,12-14,16,20-21,26H,6-11,15H2,1H3,(H,32,33)(H,27,28,29). The minimum atomic E-state index is -0.900. The van der Waals surface area contributed by atoms with Crippen LogP contribution in [0.2, 0.25) is 0 Å². The molecule has 2 aliphatic rings. The largest absolute Gasteiger partial charge is 0.480 e. The van der Waals surface area contributed by atoms with Gasteiger partial charge in [0, 0.05) is 47.7 Å². The average Bonchev–Trinajstić information content (AvgIpc) is 3.43. The molecule has 0 saturated heterocycles. The van der Waals surface area contributed by atoms with Crippen molar-refractivity contribution in [3.05, 3.63) is 59.7 Å². The second-order valence-electron chi connectivity index (χ2n) is 9.17. The van der Waals surface area contributed by atoms with E-state index < -0.39 is 5.97 Å². The van der Waals surface area contributed by atoms with Gasteiger partial charge in [0.2, 0.25) is 5.95 Å². The van der Waals surface area contributed by atoms with Crippen molar-refractivity contribution < 1.29 is 9.90 Å². The van der Waals surface area contributed by atoms with Crippen LogP contribution in [0.15, 0.2) is 42.9 Å². The third kappa shape index (κ3) is 4.75. The molecule has 8 nitrogen and oxygen atoms in total. The summed E-state index contributed by atoms with van der Waals surface area (Å²) >= 11 is 0. The van der Waals surface area contributed by atoms with E-state index >= 15 is 0 Å². The molecule has 0 spiro atoms. The smallest absolute Gasteiger partial charge is 0.325 e. The van der Waals surface area contributed by atoms with Crippen LogP contribution in [0.5, 0.6) is 0 Å². The second-order valence-corrected chi connectivity index (χ2v) is 9.17. The molecule has 2 aliphatic carbocycles. The van der Waals surface area contributed by atoms with E-state index in [1.807, 2.05) is 25.6 Å². The van der Waals surface area contributed by atoms with Crippen molar-refractivity contribution in [1.29, 1.82) is 0 Å². The molecule has 1 saturated carbocycles. The number of hydrogen-bond acceptors (Lipinski definition) is 6. The first-order valence-corrected chi connectivity index (χ1v) is 11.7. The normalized spacial score (nSPS) is 20.5. The maximum Gasteiger partial charge on any atom is 0.325 e. The Balaban J connectivity index is 1.34. The molecule has 0 unspecified atom stereocenters. The van der Waals surface area contributed by atoms with Gasteiger partial charge in [-0.05, 0) is 56.7 Å². The molecule has 3 aromatic rings. The summed E-state index contributed by atoms with van der Waals surface area (Å²) in [5, 5.41) is 20.7. The van der Waals surface area contributed by atoms with Crippen LogP contribution < -0.4 is 10.6 Å². The molecule has 0 radical (unpaired) electrons. The Morgan fingerprint density at radius 3 is 2.33 bits per heavy atom. The number of fused-ring (bicyclic) bond motifs is 1. The predicted octanol–water partition coefficient (Wildman–Crippen LogP) is 3.25. The van der Waals surface area contributed by atoms with Gasteiger partial charge in [0.1, 0.15) is 6.54 Å². The van der Waals surface area contributed by atoms with Crippen molar-refractivity contribution in [2.75, 3.05) is 12.4 Å². The van der Waals surface area contributed by atoms with Crippen molar-refractivity contribution in [2.24, 2.45) is 0 Å². The number of nitrogens with one attached hydrogen (secondary N) is 2. The number of aliphatic carboxylic acids is 1. The molecule has 0 bridgehead atoms. The summed E-state index contributed by atoms with van der Waals surface area (Å²) in [6.07, 6.45) is 11.7. The molecule has 2 aromatic heterocycles. The van der Waals surface area contributed by atoms with Crippen LogP contribution in [-0.4, -0.2) is 50.0 Å². The Kier molecular flexibility index (Phi) is 6.09. The lowest BCUT2D eigenvalue weighted by Gasteiger charge is -2.27. The predicted molar refractivity (Wildman–Crippen MR) is 126 cm³/mol. The van der Waals surface area contributed by atoms with Crippen LogP contribution in [0, 0.1) is 0 Å². The quantitative estimate of drug-likeness (QED) is 0.512. The van der Waals surface area contributed by atoms with Gasteiger partial charge in [-0.15, -0.1) is 0 Å². The van der Waals surface area contributed by atoms with Gasteiger partial charge in [0.05, 0.1) is 5.69 Å². The summed E-state index contributed by atoms with van der Waals surface area (Å²) in [6, 6.07) is 9.37. The number of benzene rings is 1. The molecule has 172 valence electrons. The Morgan fingerprint density at radius 1 is 1.06 bits per heavy atom. The highest BCUT2D eigenvalue weighted by Gasteiger charge is 2.27. The van der Waals surface area contributed by atoms with E-state index in [1.54, 1.807) is 0 Å². The number of carboxylic acid groups (broad SMARTS) is 1. The van der Waals surface area contributed by atoms with E-state index in [1.165, 1.54) is 15.8 Å². The van der Waals surface area contributed by atoms with Crippen molar-refractivity contribution in [2.45, 2.75) is 63.1 Å². The highest BCUT2D eigenvalue weighted by atomic mass is 16.4. The molecule has 0 amide bonds. The van der Waals surface area contributed by atoms with Gasteiger partial charge >= 0.3 is 5.97 Å². The molecule has 1 aromatic carbocycles. The van der Waals surface area contributed by atoms with Crippen LogP contribution in [-0.2, 0) is 24.2 Å². The van der Waals surface area contributed by atoms with Crippen LogP contribution in [0.25, 0.3) is 11.1 Å². The Labute approximate surface area is 193 Å². The van der Waals surface area contributed by atoms with E-state index in [0.717, 1.165) is 55.3 Å². The van der Waals surface area contributed by atoms with Crippen LogP contribution in [0.4, 0.5) is 5.95 Å². The first-order valence-electron chi connectivity index (χ1n) is 11.7. The maximum absolute atomic E-state index is 11.3. The molecular weight excluding hydrogens is 416 g/mol. The third-order valence-corrected chi connectivity index (χ3v) is 6.96. The molecule has 33 heavy (non-hydrogen) atoms. The zero-order valence-electron chi connectivity index (χ0n) is 18.9. The van der Waals surface area contributed by atoms with Crippen molar-refractivity contribution in [1.82, 2.24) is 25.1 Å². The average molecular weight is 447 g/mol. The topological polar surface area (TPSA) is 105 Å². The lowest BCUT2D eigenvalue weighted by molar-refractivity contribution is -0.137. The summed E-state index contributed by atoms with van der Waals surface area (Å²) < 4.78 is 1.53. The maximum atomic E-state index is 11.3. The summed E-state index contributed by atoms with van der Waals surface area (Å²) in [4.78, 5) is 20.4. The fraction of sp³-hybridized carbons (Fsp3) is 0.440. The van der Waals surface area contributed by atoms with Crippen molar-refractivity contribution in [3.63, 3.8) is 0 Å². The Morgan fingerprint density at radius 2 is 1.73 bits per heavy atom.